The molecule has 4 rings (SSSR count). The zero-order valence-corrected chi connectivity index (χ0v) is 15.7. The molecule has 1 saturated heterocycles. The van der Waals surface area contributed by atoms with Crippen LogP contribution in [0.2, 0.25) is 0 Å². The van der Waals surface area contributed by atoms with E-state index in [1.807, 2.05) is 0 Å². The van der Waals surface area contributed by atoms with E-state index >= 15 is 0 Å². The summed E-state index contributed by atoms with van der Waals surface area (Å²) in [4.78, 5) is 26.1. The van der Waals surface area contributed by atoms with E-state index in [1.54, 1.807) is 36.1 Å². The van der Waals surface area contributed by atoms with E-state index in [9.17, 15) is 14.0 Å². The van der Waals surface area contributed by atoms with Gasteiger partial charge in [0.05, 0.1) is 5.56 Å². The summed E-state index contributed by atoms with van der Waals surface area (Å²) in [5.74, 6) is -0.551. The average Bonchev–Trinajstić information content (AvgIpc) is 3.38. The lowest BCUT2D eigenvalue weighted by Crippen LogP contribution is -2.24. The van der Waals surface area contributed by atoms with E-state index in [1.165, 1.54) is 24.3 Å². The Morgan fingerprint density at radius 2 is 2.00 bits per heavy atom. The first-order valence-corrected chi connectivity index (χ1v) is 9.22. The molecule has 1 atom stereocenters. The fourth-order valence-electron chi connectivity index (χ4n) is 3.11. The number of rotatable bonds is 5. The first-order chi connectivity index (χ1) is 14.0. The number of nitrogens with zero attached hydrogens (tertiary/aromatic N) is 3. The molecule has 0 spiro atoms. The second-order valence-corrected chi connectivity index (χ2v) is 6.70. The van der Waals surface area contributed by atoms with E-state index < -0.39 is 12.1 Å². The molecular formula is C21H18FN3O4. The van der Waals surface area contributed by atoms with Crippen LogP contribution in [0, 0.1) is 5.82 Å². The molecule has 0 radical (unpaired) electrons. The number of amides is 1. The van der Waals surface area contributed by atoms with Crippen LogP contribution in [0.1, 0.15) is 42.1 Å². The molecule has 148 valence electrons. The Morgan fingerprint density at radius 1 is 1.21 bits per heavy atom. The zero-order valence-electron chi connectivity index (χ0n) is 15.7. The van der Waals surface area contributed by atoms with Crippen molar-refractivity contribution in [1.29, 1.82) is 0 Å². The summed E-state index contributed by atoms with van der Waals surface area (Å²) in [6.07, 6.45) is 0.540. The maximum atomic E-state index is 13.0. The van der Waals surface area contributed by atoms with E-state index in [0.717, 1.165) is 6.42 Å². The SMILES string of the molecule is C[C@H](OC(=O)c1cccc(N2CCCC2=O)c1)c1nnc(-c2ccc(F)cc2)o1. The lowest BCUT2D eigenvalue weighted by Gasteiger charge is -2.16. The number of hydrogen-bond acceptors (Lipinski definition) is 6. The molecule has 1 aliphatic heterocycles. The molecule has 8 heteroatoms. The van der Waals surface area contributed by atoms with Crippen molar-refractivity contribution in [3.05, 3.63) is 65.8 Å². The third kappa shape index (κ3) is 4.01. The number of benzene rings is 2. The first-order valence-electron chi connectivity index (χ1n) is 9.22. The highest BCUT2D eigenvalue weighted by atomic mass is 19.1. The molecular weight excluding hydrogens is 377 g/mol. The molecule has 3 aromatic rings. The van der Waals surface area contributed by atoms with Crippen LogP contribution < -0.4 is 4.90 Å². The Bertz CT molecular complexity index is 1050. The summed E-state index contributed by atoms with van der Waals surface area (Å²) in [7, 11) is 0. The Balaban J connectivity index is 1.46. The Labute approximate surface area is 166 Å². The topological polar surface area (TPSA) is 85.5 Å². The number of hydrogen-bond donors (Lipinski definition) is 0. The monoisotopic (exact) mass is 395 g/mol. The molecule has 0 bridgehead atoms. The van der Waals surface area contributed by atoms with Crippen LogP contribution >= 0.6 is 0 Å². The molecule has 1 amide bonds. The highest BCUT2D eigenvalue weighted by molar-refractivity contribution is 5.97. The largest absolute Gasteiger partial charge is 0.449 e. The van der Waals surface area contributed by atoms with Gasteiger partial charge in [0, 0.05) is 24.2 Å². The molecule has 1 fully saturated rings. The number of halogens is 1. The van der Waals surface area contributed by atoms with E-state index in [2.05, 4.69) is 10.2 Å². The predicted molar refractivity (Wildman–Crippen MR) is 102 cm³/mol. The maximum absolute atomic E-state index is 13.0. The van der Waals surface area contributed by atoms with Gasteiger partial charge in [-0.05, 0) is 55.8 Å². The van der Waals surface area contributed by atoms with Gasteiger partial charge in [0.25, 0.3) is 5.89 Å². The Hall–Kier alpha value is -3.55. The first kappa shape index (κ1) is 18.8. The molecule has 0 unspecified atom stereocenters. The van der Waals surface area contributed by atoms with Crippen molar-refractivity contribution in [2.45, 2.75) is 25.9 Å². The maximum Gasteiger partial charge on any atom is 0.338 e. The fraction of sp³-hybridized carbons (Fsp3) is 0.238. The minimum atomic E-state index is -0.777. The lowest BCUT2D eigenvalue weighted by atomic mass is 10.2. The molecule has 1 aromatic heterocycles. The molecule has 0 aliphatic carbocycles. The van der Waals surface area contributed by atoms with Crippen LogP contribution in [0.3, 0.4) is 0 Å². The van der Waals surface area contributed by atoms with Crippen LogP contribution in [-0.2, 0) is 9.53 Å². The minimum absolute atomic E-state index is 0.0445. The Morgan fingerprint density at radius 3 is 2.72 bits per heavy atom. The molecule has 29 heavy (non-hydrogen) atoms. The van der Waals surface area contributed by atoms with Gasteiger partial charge in [0.2, 0.25) is 11.8 Å². The number of ether oxygens (including phenoxy) is 1. The van der Waals surface area contributed by atoms with E-state index in [4.69, 9.17) is 9.15 Å². The summed E-state index contributed by atoms with van der Waals surface area (Å²) in [5, 5.41) is 7.83. The molecule has 2 aromatic carbocycles. The van der Waals surface area contributed by atoms with Gasteiger partial charge >= 0.3 is 5.97 Å². The van der Waals surface area contributed by atoms with Gasteiger partial charge in [-0.1, -0.05) is 6.07 Å². The van der Waals surface area contributed by atoms with Gasteiger partial charge in [0.15, 0.2) is 6.10 Å². The van der Waals surface area contributed by atoms with Crippen LogP contribution in [0.25, 0.3) is 11.5 Å². The smallest absolute Gasteiger partial charge is 0.338 e. The van der Waals surface area contributed by atoms with Crippen molar-refractivity contribution < 1.29 is 23.1 Å². The number of aromatic nitrogens is 2. The van der Waals surface area contributed by atoms with E-state index in [0.29, 0.717) is 29.8 Å². The second-order valence-electron chi connectivity index (χ2n) is 6.70. The van der Waals surface area contributed by atoms with Crippen molar-refractivity contribution in [1.82, 2.24) is 10.2 Å². The van der Waals surface area contributed by atoms with E-state index in [-0.39, 0.29) is 23.5 Å². The van der Waals surface area contributed by atoms with Gasteiger partial charge in [-0.25, -0.2) is 9.18 Å². The summed E-state index contributed by atoms with van der Waals surface area (Å²) in [5.41, 5.74) is 1.56. The van der Waals surface area contributed by atoms with Crippen LogP contribution in [-0.4, -0.2) is 28.6 Å². The summed E-state index contributed by atoms with van der Waals surface area (Å²) < 4.78 is 24.0. The average molecular weight is 395 g/mol. The highest BCUT2D eigenvalue weighted by Gasteiger charge is 2.24. The van der Waals surface area contributed by atoms with Crippen molar-refractivity contribution in [3.63, 3.8) is 0 Å². The molecule has 1 aliphatic rings. The number of carbonyl (C=O) groups excluding carboxylic acids is 2. The summed E-state index contributed by atoms with van der Waals surface area (Å²) in [6, 6.07) is 12.4. The van der Waals surface area contributed by atoms with Gasteiger partial charge < -0.3 is 14.1 Å². The van der Waals surface area contributed by atoms with Gasteiger partial charge in [0.1, 0.15) is 5.82 Å². The number of carbonyl (C=O) groups is 2. The standard InChI is InChI=1S/C21H18FN3O4/c1-13(19-23-24-20(29-19)14-7-9-16(22)10-8-14)28-21(27)15-4-2-5-17(12-15)25-11-3-6-18(25)26/h2,4-5,7-10,12-13H,3,6,11H2,1H3/t13-/m0/s1. The summed E-state index contributed by atoms with van der Waals surface area (Å²) in [6.45, 7) is 2.26. The lowest BCUT2D eigenvalue weighted by molar-refractivity contribution is -0.117. The predicted octanol–water partition coefficient (Wildman–Crippen LogP) is 3.92. The third-order valence-electron chi connectivity index (χ3n) is 4.63. The molecule has 0 N–H and O–H groups in total. The summed E-state index contributed by atoms with van der Waals surface area (Å²) >= 11 is 0. The second kappa shape index (κ2) is 7.83. The number of esters is 1. The van der Waals surface area contributed by atoms with Crippen molar-refractivity contribution in [2.24, 2.45) is 0 Å². The van der Waals surface area contributed by atoms with Crippen LogP contribution in [0.4, 0.5) is 10.1 Å². The van der Waals surface area contributed by atoms with Gasteiger partial charge in [-0.2, -0.15) is 0 Å². The molecule has 2 heterocycles. The number of anilines is 1. The Kier molecular flexibility index (Phi) is 5.07. The van der Waals surface area contributed by atoms with Gasteiger partial charge in [-0.3, -0.25) is 4.79 Å². The highest BCUT2D eigenvalue weighted by Crippen LogP contribution is 2.25. The van der Waals surface area contributed by atoms with Crippen LogP contribution in [0.5, 0.6) is 0 Å². The van der Waals surface area contributed by atoms with Crippen molar-refractivity contribution in [3.8, 4) is 11.5 Å². The quantitative estimate of drug-likeness (QED) is 0.609. The minimum Gasteiger partial charge on any atom is -0.449 e. The zero-order chi connectivity index (χ0) is 20.4. The molecule has 7 nitrogen and oxygen atoms in total. The normalized spacial score (nSPS) is 14.8. The van der Waals surface area contributed by atoms with Crippen LogP contribution in [0.15, 0.2) is 52.9 Å². The third-order valence-corrected chi connectivity index (χ3v) is 4.63. The van der Waals surface area contributed by atoms with Crippen molar-refractivity contribution >= 4 is 17.6 Å². The fourth-order valence-corrected chi connectivity index (χ4v) is 3.11. The molecule has 0 saturated carbocycles. The van der Waals surface area contributed by atoms with Gasteiger partial charge in [-0.15, -0.1) is 10.2 Å². The van der Waals surface area contributed by atoms with Crippen molar-refractivity contribution in [2.75, 3.05) is 11.4 Å².